The number of rotatable bonds is 4. The number of hydrogen-bond donors (Lipinski definition) is 2. The Balaban J connectivity index is 2.02. The van der Waals surface area contributed by atoms with Gasteiger partial charge >= 0.3 is 0 Å². The summed E-state index contributed by atoms with van der Waals surface area (Å²) in [5, 5.41) is 4.76. The molecule has 0 aliphatic heterocycles. The third-order valence-electron chi connectivity index (χ3n) is 2.70. The zero-order valence-electron chi connectivity index (χ0n) is 10.5. The number of halogens is 1. The summed E-state index contributed by atoms with van der Waals surface area (Å²) in [6.07, 6.45) is 0.730. The van der Waals surface area contributed by atoms with E-state index < -0.39 is 11.7 Å². The Kier molecular flexibility index (Phi) is 4.16. The highest BCUT2D eigenvalue weighted by Crippen LogP contribution is 2.14. The lowest BCUT2D eigenvalue weighted by molar-refractivity contribution is 0.0936. The van der Waals surface area contributed by atoms with E-state index in [0.29, 0.717) is 5.69 Å². The molecule has 3 N–H and O–H groups in total. The molecule has 1 unspecified atom stereocenters. The van der Waals surface area contributed by atoms with Gasteiger partial charge in [-0.25, -0.2) is 4.39 Å². The molecule has 0 aliphatic carbocycles. The molecule has 0 radical (unpaired) electrons. The molecule has 1 aromatic carbocycles. The van der Waals surface area contributed by atoms with E-state index in [0.717, 1.165) is 6.42 Å². The minimum atomic E-state index is -0.560. The molecule has 0 spiro atoms. The van der Waals surface area contributed by atoms with Crippen molar-refractivity contribution in [2.45, 2.75) is 19.4 Å². The van der Waals surface area contributed by atoms with E-state index in [-0.39, 0.29) is 11.6 Å². The van der Waals surface area contributed by atoms with Crippen molar-refractivity contribution in [1.29, 1.82) is 0 Å². The Bertz CT molecular complexity index is 569. The van der Waals surface area contributed by atoms with Gasteiger partial charge < -0.3 is 11.1 Å². The normalized spacial score (nSPS) is 12.1. The van der Waals surface area contributed by atoms with Crippen LogP contribution in [0, 0.1) is 5.82 Å². The van der Waals surface area contributed by atoms with E-state index in [1.165, 1.54) is 23.1 Å². The van der Waals surface area contributed by atoms with Crippen molar-refractivity contribution in [3.05, 3.63) is 52.0 Å². The topological polar surface area (TPSA) is 55.1 Å². The van der Waals surface area contributed by atoms with E-state index >= 15 is 0 Å². The molecule has 2 rings (SSSR count). The third-order valence-corrected chi connectivity index (χ3v) is 3.60. The zero-order valence-corrected chi connectivity index (χ0v) is 11.3. The van der Waals surface area contributed by atoms with Crippen LogP contribution in [-0.4, -0.2) is 11.9 Å². The first-order chi connectivity index (χ1) is 9.06. The summed E-state index contributed by atoms with van der Waals surface area (Å²) in [7, 11) is 0. The van der Waals surface area contributed by atoms with Crippen molar-refractivity contribution < 1.29 is 9.18 Å². The molecule has 0 saturated carbocycles. The molecule has 19 heavy (non-hydrogen) atoms. The molecule has 1 aromatic heterocycles. The van der Waals surface area contributed by atoms with Crippen molar-refractivity contribution >= 4 is 22.9 Å². The molecule has 1 heterocycles. The summed E-state index contributed by atoms with van der Waals surface area (Å²) in [5.41, 5.74) is 5.92. The second kappa shape index (κ2) is 5.84. The predicted octanol–water partition coefficient (Wildman–Crippen LogP) is 2.83. The van der Waals surface area contributed by atoms with Crippen LogP contribution in [0.15, 0.2) is 35.7 Å². The van der Waals surface area contributed by atoms with Gasteiger partial charge in [0.15, 0.2) is 0 Å². The van der Waals surface area contributed by atoms with Crippen LogP contribution in [-0.2, 0) is 6.42 Å². The second-order valence-corrected chi connectivity index (χ2v) is 5.43. The fraction of sp³-hybridized carbons (Fsp3) is 0.214. The van der Waals surface area contributed by atoms with Crippen LogP contribution in [0.3, 0.4) is 0 Å². The second-order valence-electron chi connectivity index (χ2n) is 4.40. The SMILES string of the molecule is CC(Cc1cccs1)NC(=O)c1cc(N)ccc1F. The minimum absolute atomic E-state index is 0.0157. The van der Waals surface area contributed by atoms with Gasteiger partial charge in [0.25, 0.3) is 5.91 Å². The summed E-state index contributed by atoms with van der Waals surface area (Å²) in [4.78, 5) is 13.1. The van der Waals surface area contributed by atoms with Crippen LogP contribution in [0.1, 0.15) is 22.2 Å². The standard InChI is InChI=1S/C14H15FN2OS/c1-9(7-11-3-2-6-19-11)17-14(18)12-8-10(16)4-5-13(12)15/h2-6,8-9H,7,16H2,1H3,(H,17,18). The predicted molar refractivity (Wildman–Crippen MR) is 75.8 cm³/mol. The molecule has 100 valence electrons. The Morgan fingerprint density at radius 3 is 2.95 bits per heavy atom. The van der Waals surface area contributed by atoms with Crippen molar-refractivity contribution in [3.8, 4) is 0 Å². The fourth-order valence-electron chi connectivity index (χ4n) is 1.80. The zero-order chi connectivity index (χ0) is 13.8. The number of carbonyl (C=O) groups excluding carboxylic acids is 1. The van der Waals surface area contributed by atoms with Gasteiger partial charge in [-0.15, -0.1) is 11.3 Å². The van der Waals surface area contributed by atoms with Crippen LogP contribution >= 0.6 is 11.3 Å². The van der Waals surface area contributed by atoms with Gasteiger partial charge in [-0.05, 0) is 36.6 Å². The molecule has 5 heteroatoms. The first-order valence-electron chi connectivity index (χ1n) is 5.94. The van der Waals surface area contributed by atoms with Gasteiger partial charge in [0, 0.05) is 23.0 Å². The summed E-state index contributed by atoms with van der Waals surface area (Å²) < 4.78 is 13.5. The van der Waals surface area contributed by atoms with Crippen molar-refractivity contribution in [2.24, 2.45) is 0 Å². The van der Waals surface area contributed by atoms with Crippen molar-refractivity contribution in [1.82, 2.24) is 5.32 Å². The lowest BCUT2D eigenvalue weighted by atomic mass is 10.1. The molecule has 0 bridgehead atoms. The highest BCUT2D eigenvalue weighted by Gasteiger charge is 2.14. The average molecular weight is 278 g/mol. The maximum absolute atomic E-state index is 13.5. The lowest BCUT2D eigenvalue weighted by Crippen LogP contribution is -2.34. The van der Waals surface area contributed by atoms with Crippen LogP contribution < -0.4 is 11.1 Å². The summed E-state index contributed by atoms with van der Waals surface area (Å²) in [6, 6.07) is 7.89. The van der Waals surface area contributed by atoms with Crippen LogP contribution in [0.5, 0.6) is 0 Å². The Labute approximate surface area is 115 Å². The lowest BCUT2D eigenvalue weighted by Gasteiger charge is -2.13. The minimum Gasteiger partial charge on any atom is -0.399 e. The molecular weight excluding hydrogens is 263 g/mol. The number of anilines is 1. The van der Waals surface area contributed by atoms with Gasteiger partial charge in [-0.2, -0.15) is 0 Å². The van der Waals surface area contributed by atoms with E-state index in [4.69, 9.17) is 5.73 Å². The number of benzene rings is 1. The molecule has 0 fully saturated rings. The van der Waals surface area contributed by atoms with Gasteiger partial charge in [-0.1, -0.05) is 6.07 Å². The van der Waals surface area contributed by atoms with E-state index in [1.54, 1.807) is 11.3 Å². The maximum atomic E-state index is 13.5. The number of hydrogen-bond acceptors (Lipinski definition) is 3. The monoisotopic (exact) mass is 278 g/mol. The molecule has 0 aliphatic rings. The third kappa shape index (κ3) is 3.54. The van der Waals surface area contributed by atoms with Crippen LogP contribution in [0.25, 0.3) is 0 Å². The smallest absolute Gasteiger partial charge is 0.254 e. The van der Waals surface area contributed by atoms with Crippen molar-refractivity contribution in [3.63, 3.8) is 0 Å². The summed E-state index contributed by atoms with van der Waals surface area (Å²) >= 11 is 1.63. The van der Waals surface area contributed by atoms with Gasteiger partial charge in [0.2, 0.25) is 0 Å². The van der Waals surface area contributed by atoms with Gasteiger partial charge in [0.1, 0.15) is 5.82 Å². The van der Waals surface area contributed by atoms with E-state index in [1.807, 2.05) is 24.4 Å². The molecule has 2 aromatic rings. The average Bonchev–Trinajstić information content (AvgIpc) is 2.84. The Hall–Kier alpha value is -1.88. The number of nitrogens with one attached hydrogen (secondary N) is 1. The van der Waals surface area contributed by atoms with Crippen molar-refractivity contribution in [2.75, 3.05) is 5.73 Å². The number of amides is 1. The number of nitrogens with two attached hydrogens (primary N) is 1. The highest BCUT2D eigenvalue weighted by atomic mass is 32.1. The molecule has 3 nitrogen and oxygen atoms in total. The van der Waals surface area contributed by atoms with Gasteiger partial charge in [0.05, 0.1) is 5.56 Å². The van der Waals surface area contributed by atoms with Crippen LogP contribution in [0.4, 0.5) is 10.1 Å². The quantitative estimate of drug-likeness (QED) is 0.845. The molecular formula is C14H15FN2OS. The molecule has 1 atom stereocenters. The summed E-state index contributed by atoms with van der Waals surface area (Å²) in [5.74, 6) is -0.996. The Morgan fingerprint density at radius 2 is 2.26 bits per heavy atom. The molecule has 1 amide bonds. The first kappa shape index (κ1) is 13.5. The number of carbonyl (C=O) groups is 1. The first-order valence-corrected chi connectivity index (χ1v) is 6.82. The van der Waals surface area contributed by atoms with E-state index in [9.17, 15) is 9.18 Å². The van der Waals surface area contributed by atoms with E-state index in [2.05, 4.69) is 5.32 Å². The fourth-order valence-corrected chi connectivity index (χ4v) is 2.64. The highest BCUT2D eigenvalue weighted by molar-refractivity contribution is 7.09. The molecule has 0 saturated heterocycles. The number of thiophene rings is 1. The number of nitrogen functional groups attached to an aromatic ring is 1. The summed E-state index contributed by atoms with van der Waals surface area (Å²) in [6.45, 7) is 1.89. The van der Waals surface area contributed by atoms with Gasteiger partial charge in [-0.3, -0.25) is 4.79 Å². The largest absolute Gasteiger partial charge is 0.399 e. The maximum Gasteiger partial charge on any atom is 0.254 e. The van der Waals surface area contributed by atoms with Crippen LogP contribution in [0.2, 0.25) is 0 Å². The Morgan fingerprint density at radius 1 is 1.47 bits per heavy atom.